The van der Waals surface area contributed by atoms with E-state index in [4.69, 9.17) is 9.47 Å². The molecule has 0 bridgehead atoms. The number of nitrogens with zero attached hydrogens (tertiary/aromatic N) is 1. The number of ether oxygens (including phenoxy) is 2. The zero-order chi connectivity index (χ0) is 13.1. The van der Waals surface area contributed by atoms with Crippen LogP contribution in [-0.2, 0) is 12.8 Å². The van der Waals surface area contributed by atoms with Gasteiger partial charge in [0.1, 0.15) is 11.5 Å². The second-order valence-corrected chi connectivity index (χ2v) is 4.18. The Balaban J connectivity index is 2.82. The number of benzene rings is 1. The van der Waals surface area contributed by atoms with Crippen LogP contribution in [0.15, 0.2) is 18.3 Å². The van der Waals surface area contributed by atoms with Gasteiger partial charge in [-0.05, 0) is 24.5 Å². The van der Waals surface area contributed by atoms with Gasteiger partial charge in [0, 0.05) is 28.7 Å². The molecule has 0 atom stereocenters. The van der Waals surface area contributed by atoms with Gasteiger partial charge >= 0.3 is 0 Å². The Labute approximate surface area is 108 Å². The van der Waals surface area contributed by atoms with Crippen molar-refractivity contribution in [1.82, 2.24) is 4.98 Å². The molecule has 1 aromatic heterocycles. The first-order valence-electron chi connectivity index (χ1n) is 6.27. The first kappa shape index (κ1) is 12.7. The minimum Gasteiger partial charge on any atom is -0.497 e. The Kier molecular flexibility index (Phi) is 3.70. The summed E-state index contributed by atoms with van der Waals surface area (Å²) in [5.41, 5.74) is 2.42. The molecular formula is C15H19NO2. The van der Waals surface area contributed by atoms with E-state index in [-0.39, 0.29) is 0 Å². The molecule has 0 spiro atoms. The number of aromatic nitrogens is 1. The van der Waals surface area contributed by atoms with Crippen LogP contribution in [0, 0.1) is 0 Å². The summed E-state index contributed by atoms with van der Waals surface area (Å²) in [5.74, 6) is 1.66. The van der Waals surface area contributed by atoms with Gasteiger partial charge in [-0.15, -0.1) is 0 Å². The summed E-state index contributed by atoms with van der Waals surface area (Å²) >= 11 is 0. The van der Waals surface area contributed by atoms with Crippen molar-refractivity contribution in [3.8, 4) is 11.5 Å². The van der Waals surface area contributed by atoms with E-state index in [0.29, 0.717) is 0 Å². The Morgan fingerprint density at radius 3 is 2.39 bits per heavy atom. The molecule has 0 saturated carbocycles. The molecule has 18 heavy (non-hydrogen) atoms. The largest absolute Gasteiger partial charge is 0.497 e. The number of methoxy groups -OCH3 is 2. The SMILES string of the molecule is CCc1ncc2cc(OC)cc(OC)c2c1CC. The van der Waals surface area contributed by atoms with E-state index >= 15 is 0 Å². The van der Waals surface area contributed by atoms with Gasteiger partial charge in [0.2, 0.25) is 0 Å². The van der Waals surface area contributed by atoms with Crippen LogP contribution in [0.5, 0.6) is 11.5 Å². The van der Waals surface area contributed by atoms with E-state index in [9.17, 15) is 0 Å². The van der Waals surface area contributed by atoms with Gasteiger partial charge in [-0.3, -0.25) is 4.98 Å². The fourth-order valence-corrected chi connectivity index (χ4v) is 2.37. The van der Waals surface area contributed by atoms with Crippen molar-refractivity contribution in [2.75, 3.05) is 14.2 Å². The zero-order valence-electron chi connectivity index (χ0n) is 11.4. The summed E-state index contributed by atoms with van der Waals surface area (Å²) in [4.78, 5) is 4.54. The number of hydrogen-bond acceptors (Lipinski definition) is 3. The lowest BCUT2D eigenvalue weighted by atomic mass is 10.00. The van der Waals surface area contributed by atoms with Crippen molar-refractivity contribution in [1.29, 1.82) is 0 Å². The highest BCUT2D eigenvalue weighted by atomic mass is 16.5. The number of hydrogen-bond donors (Lipinski definition) is 0. The lowest BCUT2D eigenvalue weighted by molar-refractivity contribution is 0.397. The van der Waals surface area contributed by atoms with Gasteiger partial charge in [0.25, 0.3) is 0 Å². The summed E-state index contributed by atoms with van der Waals surface area (Å²) in [7, 11) is 3.36. The number of pyridine rings is 1. The summed E-state index contributed by atoms with van der Waals surface area (Å²) < 4.78 is 10.8. The van der Waals surface area contributed by atoms with E-state index in [1.54, 1.807) is 14.2 Å². The van der Waals surface area contributed by atoms with E-state index in [1.165, 1.54) is 5.56 Å². The average Bonchev–Trinajstić information content (AvgIpc) is 2.44. The first-order valence-corrected chi connectivity index (χ1v) is 6.27. The lowest BCUT2D eigenvalue weighted by Gasteiger charge is -2.14. The van der Waals surface area contributed by atoms with Crippen LogP contribution >= 0.6 is 0 Å². The smallest absolute Gasteiger partial charge is 0.130 e. The molecule has 0 aliphatic heterocycles. The lowest BCUT2D eigenvalue weighted by Crippen LogP contribution is -1.99. The van der Waals surface area contributed by atoms with Crippen LogP contribution in [0.2, 0.25) is 0 Å². The van der Waals surface area contributed by atoms with E-state index in [0.717, 1.165) is 40.8 Å². The molecule has 2 rings (SSSR count). The van der Waals surface area contributed by atoms with Gasteiger partial charge in [0.05, 0.1) is 14.2 Å². The molecule has 2 aromatic rings. The van der Waals surface area contributed by atoms with Crippen LogP contribution in [0.1, 0.15) is 25.1 Å². The maximum atomic E-state index is 5.50. The first-order chi connectivity index (χ1) is 8.74. The van der Waals surface area contributed by atoms with E-state index in [1.807, 2.05) is 18.3 Å². The number of fused-ring (bicyclic) bond motifs is 1. The van der Waals surface area contributed by atoms with Crippen LogP contribution in [0.3, 0.4) is 0 Å². The number of rotatable bonds is 4. The Morgan fingerprint density at radius 2 is 1.83 bits per heavy atom. The molecule has 0 radical (unpaired) electrons. The highest BCUT2D eigenvalue weighted by Crippen LogP contribution is 2.34. The maximum absolute atomic E-state index is 5.50. The van der Waals surface area contributed by atoms with E-state index < -0.39 is 0 Å². The molecule has 0 amide bonds. The van der Waals surface area contributed by atoms with Crippen molar-refractivity contribution in [3.05, 3.63) is 29.6 Å². The maximum Gasteiger partial charge on any atom is 0.130 e. The highest BCUT2D eigenvalue weighted by Gasteiger charge is 2.12. The van der Waals surface area contributed by atoms with Crippen LogP contribution in [0.4, 0.5) is 0 Å². The van der Waals surface area contributed by atoms with Gasteiger partial charge in [-0.2, -0.15) is 0 Å². The molecule has 0 N–H and O–H groups in total. The second-order valence-electron chi connectivity index (χ2n) is 4.18. The van der Waals surface area contributed by atoms with Crippen molar-refractivity contribution < 1.29 is 9.47 Å². The quantitative estimate of drug-likeness (QED) is 0.827. The topological polar surface area (TPSA) is 31.4 Å². The molecule has 0 aliphatic rings. The molecule has 3 heteroatoms. The molecule has 1 aromatic carbocycles. The Hall–Kier alpha value is -1.77. The highest BCUT2D eigenvalue weighted by molar-refractivity contribution is 5.92. The molecule has 0 unspecified atom stereocenters. The Morgan fingerprint density at radius 1 is 1.06 bits per heavy atom. The summed E-state index contributed by atoms with van der Waals surface area (Å²) in [5, 5.41) is 2.23. The molecule has 0 saturated heterocycles. The third-order valence-electron chi connectivity index (χ3n) is 3.26. The molecule has 0 aliphatic carbocycles. The molecular weight excluding hydrogens is 226 g/mol. The van der Waals surface area contributed by atoms with Crippen LogP contribution in [-0.4, -0.2) is 19.2 Å². The minimum absolute atomic E-state index is 0.799. The van der Waals surface area contributed by atoms with Crippen molar-refractivity contribution in [3.63, 3.8) is 0 Å². The zero-order valence-corrected chi connectivity index (χ0v) is 11.4. The van der Waals surface area contributed by atoms with Gasteiger partial charge in [0.15, 0.2) is 0 Å². The average molecular weight is 245 g/mol. The normalized spacial score (nSPS) is 10.7. The fraction of sp³-hybridized carbons (Fsp3) is 0.400. The fourth-order valence-electron chi connectivity index (χ4n) is 2.37. The molecule has 3 nitrogen and oxygen atoms in total. The molecule has 1 heterocycles. The summed E-state index contributed by atoms with van der Waals surface area (Å²) in [6, 6.07) is 3.93. The summed E-state index contributed by atoms with van der Waals surface area (Å²) in [6.45, 7) is 4.28. The molecule has 0 fully saturated rings. The van der Waals surface area contributed by atoms with Gasteiger partial charge < -0.3 is 9.47 Å². The monoisotopic (exact) mass is 245 g/mol. The molecule has 96 valence electrons. The summed E-state index contributed by atoms with van der Waals surface area (Å²) in [6.07, 6.45) is 3.79. The third kappa shape index (κ3) is 2.01. The minimum atomic E-state index is 0.799. The second kappa shape index (κ2) is 5.25. The standard InChI is InChI=1S/C15H19NO2/c1-5-12-13(6-2)16-9-10-7-11(17-3)8-14(18-4)15(10)12/h7-9H,5-6H2,1-4H3. The number of aryl methyl sites for hydroxylation is 2. The van der Waals surface area contributed by atoms with Gasteiger partial charge in [-0.1, -0.05) is 13.8 Å². The van der Waals surface area contributed by atoms with Crippen LogP contribution in [0.25, 0.3) is 10.8 Å². The van der Waals surface area contributed by atoms with Crippen LogP contribution < -0.4 is 9.47 Å². The predicted octanol–water partition coefficient (Wildman–Crippen LogP) is 3.38. The van der Waals surface area contributed by atoms with E-state index in [2.05, 4.69) is 18.8 Å². The Bertz CT molecular complexity index is 564. The van der Waals surface area contributed by atoms with Crippen molar-refractivity contribution >= 4 is 10.8 Å². The third-order valence-corrected chi connectivity index (χ3v) is 3.26. The van der Waals surface area contributed by atoms with Crippen molar-refractivity contribution in [2.24, 2.45) is 0 Å². The van der Waals surface area contributed by atoms with Crippen molar-refractivity contribution in [2.45, 2.75) is 26.7 Å². The van der Waals surface area contributed by atoms with Gasteiger partial charge in [-0.25, -0.2) is 0 Å². The predicted molar refractivity (Wildman–Crippen MR) is 73.6 cm³/mol.